The van der Waals surface area contributed by atoms with Crippen molar-refractivity contribution in [1.82, 2.24) is 5.43 Å². The van der Waals surface area contributed by atoms with Crippen LogP contribution in [0.3, 0.4) is 0 Å². The van der Waals surface area contributed by atoms with Crippen LogP contribution >= 0.6 is 11.6 Å². The Balaban J connectivity index is 2.18. The highest BCUT2D eigenvalue weighted by atomic mass is 35.5. The number of nitrogens with zero attached hydrogens (tertiary/aromatic N) is 2. The van der Waals surface area contributed by atoms with Gasteiger partial charge in [0.05, 0.1) is 32.4 Å². The average Bonchev–Trinajstić information content (AvgIpc) is 2.65. The summed E-state index contributed by atoms with van der Waals surface area (Å²) in [6.07, 6.45) is 2.40. The van der Waals surface area contributed by atoms with Crippen LogP contribution in [0.15, 0.2) is 47.6 Å². The van der Waals surface area contributed by atoms with Gasteiger partial charge in [0, 0.05) is 11.1 Å². The lowest BCUT2D eigenvalue weighted by molar-refractivity contribution is -0.119. The number of amides is 1. The summed E-state index contributed by atoms with van der Waals surface area (Å²) in [6.45, 7) is -0.478. The number of halogens is 1. The van der Waals surface area contributed by atoms with Crippen molar-refractivity contribution in [3.8, 4) is 11.5 Å². The Labute approximate surface area is 168 Å². The van der Waals surface area contributed by atoms with Crippen LogP contribution in [0, 0.1) is 0 Å². The van der Waals surface area contributed by atoms with Crippen LogP contribution in [-0.4, -0.2) is 47.6 Å². The van der Waals surface area contributed by atoms with Crippen molar-refractivity contribution in [2.75, 3.05) is 31.3 Å². The Morgan fingerprint density at radius 1 is 1.21 bits per heavy atom. The standard InChI is InChI=1S/C18H20ClN3O5S/c1-26-15-7-8-16(17(10-15)27-2)22(28(3,24)25)12-18(23)21-20-11-13-5-4-6-14(19)9-13/h4-11H,12H2,1-3H3,(H,21,23)/b20-11-. The van der Waals surface area contributed by atoms with Gasteiger partial charge in [-0.15, -0.1) is 0 Å². The number of hydrazone groups is 1. The Hall–Kier alpha value is -2.78. The highest BCUT2D eigenvalue weighted by Crippen LogP contribution is 2.33. The van der Waals surface area contributed by atoms with Gasteiger partial charge in [-0.1, -0.05) is 23.7 Å². The monoisotopic (exact) mass is 425 g/mol. The van der Waals surface area contributed by atoms with E-state index in [1.807, 2.05) is 0 Å². The van der Waals surface area contributed by atoms with E-state index in [1.165, 1.54) is 32.6 Å². The molecule has 0 saturated carbocycles. The van der Waals surface area contributed by atoms with Crippen LogP contribution in [-0.2, 0) is 14.8 Å². The maximum atomic E-state index is 12.2. The topological polar surface area (TPSA) is 97.3 Å². The highest BCUT2D eigenvalue weighted by Gasteiger charge is 2.24. The number of benzene rings is 2. The van der Waals surface area contributed by atoms with E-state index in [9.17, 15) is 13.2 Å². The number of methoxy groups -OCH3 is 2. The fraction of sp³-hybridized carbons (Fsp3) is 0.222. The van der Waals surface area contributed by atoms with Crippen LogP contribution in [0.4, 0.5) is 5.69 Å². The van der Waals surface area contributed by atoms with E-state index < -0.39 is 22.5 Å². The quantitative estimate of drug-likeness (QED) is 0.517. The molecule has 8 nitrogen and oxygen atoms in total. The van der Waals surface area contributed by atoms with E-state index in [0.717, 1.165) is 10.6 Å². The molecule has 0 radical (unpaired) electrons. The second kappa shape index (κ2) is 9.43. The minimum absolute atomic E-state index is 0.208. The maximum Gasteiger partial charge on any atom is 0.260 e. The molecule has 0 aliphatic rings. The van der Waals surface area contributed by atoms with Gasteiger partial charge in [0.1, 0.15) is 18.0 Å². The highest BCUT2D eigenvalue weighted by molar-refractivity contribution is 7.92. The second-order valence-corrected chi connectivity index (χ2v) is 8.00. The molecule has 0 aliphatic carbocycles. The summed E-state index contributed by atoms with van der Waals surface area (Å²) in [5.74, 6) is 0.117. The number of ether oxygens (including phenoxy) is 2. The molecule has 0 atom stereocenters. The van der Waals surface area contributed by atoms with Crippen LogP contribution in [0.25, 0.3) is 0 Å². The van der Waals surface area contributed by atoms with E-state index >= 15 is 0 Å². The molecule has 150 valence electrons. The van der Waals surface area contributed by atoms with Gasteiger partial charge in [-0.05, 0) is 29.8 Å². The van der Waals surface area contributed by atoms with E-state index in [2.05, 4.69) is 10.5 Å². The SMILES string of the molecule is COc1ccc(N(CC(=O)N/N=C\c2cccc(Cl)c2)S(C)(=O)=O)c(OC)c1. The molecule has 0 aliphatic heterocycles. The predicted molar refractivity (Wildman–Crippen MR) is 109 cm³/mol. The summed E-state index contributed by atoms with van der Waals surface area (Å²) >= 11 is 5.88. The smallest absolute Gasteiger partial charge is 0.260 e. The third-order valence-corrected chi connectivity index (χ3v) is 4.96. The molecule has 0 unspecified atom stereocenters. The molecule has 0 saturated heterocycles. The number of carbonyl (C=O) groups excluding carboxylic acids is 1. The summed E-state index contributed by atoms with van der Waals surface area (Å²) in [4.78, 5) is 12.2. The van der Waals surface area contributed by atoms with Crippen molar-refractivity contribution in [3.63, 3.8) is 0 Å². The fourth-order valence-electron chi connectivity index (χ4n) is 2.30. The Morgan fingerprint density at radius 3 is 2.57 bits per heavy atom. The lowest BCUT2D eigenvalue weighted by Gasteiger charge is -2.23. The lowest BCUT2D eigenvalue weighted by Crippen LogP contribution is -2.39. The number of hydrogen-bond acceptors (Lipinski definition) is 6. The normalized spacial score (nSPS) is 11.3. The van der Waals surface area contributed by atoms with Crippen LogP contribution in [0.1, 0.15) is 5.56 Å². The van der Waals surface area contributed by atoms with Crippen LogP contribution < -0.4 is 19.2 Å². The molecule has 0 bridgehead atoms. The minimum Gasteiger partial charge on any atom is -0.497 e. The molecule has 0 fully saturated rings. The Kier molecular flexibility index (Phi) is 7.24. The molecule has 0 heterocycles. The first-order valence-corrected chi connectivity index (χ1v) is 10.2. The van der Waals surface area contributed by atoms with Crippen molar-refractivity contribution in [2.24, 2.45) is 5.10 Å². The molecular formula is C18H20ClN3O5S. The average molecular weight is 426 g/mol. The lowest BCUT2D eigenvalue weighted by atomic mass is 10.2. The molecule has 0 aromatic heterocycles. The summed E-state index contributed by atoms with van der Waals surface area (Å²) in [5, 5.41) is 4.36. The third kappa shape index (κ3) is 5.86. The van der Waals surface area contributed by atoms with Crippen molar-refractivity contribution in [2.45, 2.75) is 0 Å². The molecule has 28 heavy (non-hydrogen) atoms. The van der Waals surface area contributed by atoms with Crippen molar-refractivity contribution >= 4 is 39.4 Å². The fourth-order valence-corrected chi connectivity index (χ4v) is 3.36. The molecular weight excluding hydrogens is 406 g/mol. The predicted octanol–water partition coefficient (Wildman–Crippen LogP) is 2.27. The summed E-state index contributed by atoms with van der Waals surface area (Å²) in [5.41, 5.74) is 3.19. The molecule has 2 rings (SSSR count). The van der Waals surface area contributed by atoms with Crippen LogP contribution in [0.5, 0.6) is 11.5 Å². The molecule has 2 aromatic carbocycles. The van der Waals surface area contributed by atoms with Gasteiger partial charge in [-0.3, -0.25) is 9.10 Å². The van der Waals surface area contributed by atoms with Crippen molar-refractivity contribution < 1.29 is 22.7 Å². The maximum absolute atomic E-state index is 12.2. The first kappa shape index (κ1) is 21.5. The molecule has 10 heteroatoms. The van der Waals surface area contributed by atoms with E-state index in [-0.39, 0.29) is 11.4 Å². The number of carbonyl (C=O) groups is 1. The number of anilines is 1. The van der Waals surface area contributed by atoms with Gasteiger partial charge in [-0.2, -0.15) is 5.10 Å². The third-order valence-electron chi connectivity index (χ3n) is 3.59. The van der Waals surface area contributed by atoms with Gasteiger partial charge in [0.25, 0.3) is 5.91 Å². The van der Waals surface area contributed by atoms with Crippen molar-refractivity contribution in [1.29, 1.82) is 0 Å². The molecule has 0 spiro atoms. The van der Waals surface area contributed by atoms with Gasteiger partial charge in [0.2, 0.25) is 10.0 Å². The largest absolute Gasteiger partial charge is 0.497 e. The molecule has 1 N–H and O–H groups in total. The first-order valence-electron chi connectivity index (χ1n) is 8.02. The van der Waals surface area contributed by atoms with E-state index in [1.54, 1.807) is 30.3 Å². The van der Waals surface area contributed by atoms with Crippen molar-refractivity contribution in [3.05, 3.63) is 53.1 Å². The summed E-state index contributed by atoms with van der Waals surface area (Å²) in [6, 6.07) is 11.5. The van der Waals surface area contributed by atoms with E-state index in [4.69, 9.17) is 21.1 Å². The number of nitrogens with one attached hydrogen (secondary N) is 1. The zero-order valence-corrected chi connectivity index (χ0v) is 17.1. The minimum atomic E-state index is -3.77. The van der Waals surface area contributed by atoms with Gasteiger partial charge >= 0.3 is 0 Å². The van der Waals surface area contributed by atoms with Gasteiger partial charge in [-0.25, -0.2) is 13.8 Å². The molecule has 2 aromatic rings. The number of sulfonamides is 1. The van der Waals surface area contributed by atoms with Crippen LogP contribution in [0.2, 0.25) is 5.02 Å². The van der Waals surface area contributed by atoms with Gasteiger partial charge in [0.15, 0.2) is 0 Å². The number of hydrogen-bond donors (Lipinski definition) is 1. The first-order chi connectivity index (χ1) is 13.2. The summed E-state index contributed by atoms with van der Waals surface area (Å²) < 4.78 is 35.7. The molecule has 1 amide bonds. The second-order valence-electron chi connectivity index (χ2n) is 5.66. The summed E-state index contributed by atoms with van der Waals surface area (Å²) in [7, 11) is -0.888. The van der Waals surface area contributed by atoms with Gasteiger partial charge < -0.3 is 9.47 Å². The number of rotatable bonds is 8. The Morgan fingerprint density at radius 2 is 1.96 bits per heavy atom. The Bertz CT molecular complexity index is 979. The zero-order chi connectivity index (χ0) is 20.7. The van der Waals surface area contributed by atoms with E-state index in [0.29, 0.717) is 16.3 Å². The zero-order valence-electron chi connectivity index (χ0n) is 15.5.